The van der Waals surface area contributed by atoms with Crippen molar-refractivity contribution in [1.29, 1.82) is 0 Å². The molecule has 0 aliphatic heterocycles. The number of nitrogens with one attached hydrogen (secondary N) is 1. The third-order valence-corrected chi connectivity index (χ3v) is 4.44. The molecule has 0 heterocycles. The quantitative estimate of drug-likeness (QED) is 0.491. The second-order valence-electron chi connectivity index (χ2n) is 4.74. The molecule has 0 aliphatic carbocycles. The highest BCUT2D eigenvalue weighted by Crippen LogP contribution is 2.23. The molecule has 0 aromatic carbocycles. The molecule has 16 heavy (non-hydrogen) atoms. The Kier molecular flexibility index (Phi) is 5.89. The van der Waals surface area contributed by atoms with Gasteiger partial charge < -0.3 is 4.90 Å². The van der Waals surface area contributed by atoms with Crippen LogP contribution in [0.25, 0.3) is 0 Å². The molecule has 0 aromatic rings. The first-order chi connectivity index (χ1) is 7.17. The minimum absolute atomic E-state index is 0.0396. The molecule has 98 valence electrons. The van der Waals surface area contributed by atoms with E-state index in [-0.39, 0.29) is 17.3 Å². The summed E-state index contributed by atoms with van der Waals surface area (Å²) in [4.78, 5) is 2.08. The Morgan fingerprint density at radius 1 is 1.44 bits per heavy atom. The first-order valence-electron chi connectivity index (χ1n) is 5.48. The SMILES string of the molecule is CCC(C)(C(CCS(C)(=O)=O)NN)N(C)C. The summed E-state index contributed by atoms with van der Waals surface area (Å²) in [6.07, 6.45) is 2.68. The van der Waals surface area contributed by atoms with Gasteiger partial charge in [-0.3, -0.25) is 11.3 Å². The zero-order chi connectivity index (χ0) is 13.0. The maximum Gasteiger partial charge on any atom is 0.147 e. The minimum Gasteiger partial charge on any atom is -0.302 e. The van der Waals surface area contributed by atoms with Gasteiger partial charge in [0.15, 0.2) is 0 Å². The van der Waals surface area contributed by atoms with Gasteiger partial charge in [0.2, 0.25) is 0 Å². The van der Waals surface area contributed by atoms with Crippen LogP contribution >= 0.6 is 0 Å². The maximum absolute atomic E-state index is 11.2. The number of hydrogen-bond donors (Lipinski definition) is 2. The van der Waals surface area contributed by atoms with Crippen LogP contribution in [0.5, 0.6) is 0 Å². The van der Waals surface area contributed by atoms with E-state index in [2.05, 4.69) is 24.2 Å². The Hall–Kier alpha value is -0.170. The lowest BCUT2D eigenvalue weighted by molar-refractivity contribution is 0.111. The third kappa shape index (κ3) is 4.37. The highest BCUT2D eigenvalue weighted by molar-refractivity contribution is 7.90. The van der Waals surface area contributed by atoms with Gasteiger partial charge in [-0.25, -0.2) is 8.42 Å². The fraction of sp³-hybridized carbons (Fsp3) is 1.00. The number of nitrogens with two attached hydrogens (primary N) is 1. The topological polar surface area (TPSA) is 75.4 Å². The van der Waals surface area contributed by atoms with Crippen molar-refractivity contribution in [3.63, 3.8) is 0 Å². The predicted molar refractivity (Wildman–Crippen MR) is 67.8 cm³/mol. The van der Waals surface area contributed by atoms with Crippen LogP contribution in [-0.4, -0.2) is 51.0 Å². The van der Waals surface area contributed by atoms with Crippen LogP contribution in [0.2, 0.25) is 0 Å². The Morgan fingerprint density at radius 3 is 2.19 bits per heavy atom. The lowest BCUT2D eigenvalue weighted by atomic mass is 9.87. The summed E-state index contributed by atoms with van der Waals surface area (Å²) < 4.78 is 22.3. The van der Waals surface area contributed by atoms with Crippen molar-refractivity contribution in [3.05, 3.63) is 0 Å². The molecule has 3 N–H and O–H groups in total. The molecule has 0 saturated carbocycles. The van der Waals surface area contributed by atoms with Gasteiger partial charge in [-0.05, 0) is 33.9 Å². The number of hydrazine groups is 1. The van der Waals surface area contributed by atoms with Crippen LogP contribution < -0.4 is 11.3 Å². The molecule has 0 saturated heterocycles. The van der Waals surface area contributed by atoms with Crippen LogP contribution in [0.15, 0.2) is 0 Å². The Bertz CT molecular complexity index is 303. The summed E-state index contributed by atoms with van der Waals surface area (Å²) in [5.74, 6) is 5.69. The maximum atomic E-state index is 11.2. The molecule has 5 nitrogen and oxygen atoms in total. The number of rotatable bonds is 7. The molecule has 0 radical (unpaired) electrons. The molecule has 2 unspecified atom stereocenters. The molecule has 6 heteroatoms. The van der Waals surface area contributed by atoms with Crippen LogP contribution in [0.4, 0.5) is 0 Å². The van der Waals surface area contributed by atoms with Gasteiger partial charge in [0.1, 0.15) is 9.84 Å². The molecule has 0 fully saturated rings. The van der Waals surface area contributed by atoms with Gasteiger partial charge in [-0.1, -0.05) is 6.92 Å². The smallest absolute Gasteiger partial charge is 0.147 e. The summed E-state index contributed by atoms with van der Waals surface area (Å²) in [5, 5.41) is 0. The van der Waals surface area contributed by atoms with E-state index in [1.165, 1.54) is 6.26 Å². The molecular weight excluding hydrogens is 226 g/mol. The lowest BCUT2D eigenvalue weighted by Crippen LogP contribution is -2.59. The van der Waals surface area contributed by atoms with Crippen LogP contribution in [-0.2, 0) is 9.84 Å². The number of nitrogens with zero attached hydrogens (tertiary/aromatic N) is 1. The second kappa shape index (κ2) is 5.95. The van der Waals surface area contributed by atoms with Crippen molar-refractivity contribution in [1.82, 2.24) is 10.3 Å². The van der Waals surface area contributed by atoms with E-state index in [0.29, 0.717) is 6.42 Å². The van der Waals surface area contributed by atoms with Crippen molar-refractivity contribution in [2.75, 3.05) is 26.1 Å². The molecule has 2 atom stereocenters. The second-order valence-corrected chi connectivity index (χ2v) is 7.00. The van der Waals surface area contributed by atoms with Crippen molar-refractivity contribution >= 4 is 9.84 Å². The van der Waals surface area contributed by atoms with E-state index in [9.17, 15) is 8.42 Å². The molecule has 0 bridgehead atoms. The van der Waals surface area contributed by atoms with Crippen molar-refractivity contribution < 1.29 is 8.42 Å². The molecule has 0 spiro atoms. The average molecular weight is 251 g/mol. The summed E-state index contributed by atoms with van der Waals surface area (Å²) in [6, 6.07) is -0.0396. The van der Waals surface area contributed by atoms with Crippen molar-refractivity contribution in [3.8, 4) is 0 Å². The highest BCUT2D eigenvalue weighted by atomic mass is 32.2. The van der Waals surface area contributed by atoms with Gasteiger partial charge >= 0.3 is 0 Å². The fourth-order valence-corrected chi connectivity index (χ4v) is 2.44. The Labute approximate surface area is 99.3 Å². The first kappa shape index (κ1) is 15.8. The monoisotopic (exact) mass is 251 g/mol. The molecule has 0 amide bonds. The standard InChI is InChI=1S/C10H25N3O2S/c1-6-10(2,13(3)4)9(12-11)7-8-16(5,14)15/h9,12H,6-8,11H2,1-5H3. The lowest BCUT2D eigenvalue weighted by Gasteiger charge is -2.42. The van der Waals surface area contributed by atoms with Gasteiger partial charge in [-0.15, -0.1) is 0 Å². The van der Waals surface area contributed by atoms with Crippen molar-refractivity contribution in [2.24, 2.45) is 5.84 Å². The van der Waals surface area contributed by atoms with Crippen LogP contribution in [0.1, 0.15) is 26.7 Å². The van der Waals surface area contributed by atoms with Crippen molar-refractivity contribution in [2.45, 2.75) is 38.3 Å². The Morgan fingerprint density at radius 2 is 1.94 bits per heavy atom. The van der Waals surface area contributed by atoms with E-state index in [4.69, 9.17) is 5.84 Å². The zero-order valence-corrected chi connectivity index (χ0v) is 11.8. The van der Waals surface area contributed by atoms with E-state index in [1.54, 1.807) is 0 Å². The predicted octanol–water partition coefficient (Wildman–Crippen LogP) is -0.0167. The zero-order valence-electron chi connectivity index (χ0n) is 10.9. The van der Waals surface area contributed by atoms with Gasteiger partial charge in [0, 0.05) is 17.8 Å². The van der Waals surface area contributed by atoms with Gasteiger partial charge in [0.25, 0.3) is 0 Å². The molecular formula is C10H25N3O2S. The van der Waals surface area contributed by atoms with Crippen LogP contribution in [0.3, 0.4) is 0 Å². The van der Waals surface area contributed by atoms with E-state index < -0.39 is 9.84 Å². The van der Waals surface area contributed by atoms with E-state index in [1.807, 2.05) is 14.1 Å². The third-order valence-electron chi connectivity index (χ3n) is 3.47. The highest BCUT2D eigenvalue weighted by Gasteiger charge is 2.34. The summed E-state index contributed by atoms with van der Waals surface area (Å²) in [7, 11) is 1.02. The number of sulfone groups is 1. The minimum atomic E-state index is -2.94. The summed E-state index contributed by atoms with van der Waals surface area (Å²) >= 11 is 0. The number of hydrogen-bond acceptors (Lipinski definition) is 5. The summed E-state index contributed by atoms with van der Waals surface area (Å²) in [6.45, 7) is 4.16. The van der Waals surface area contributed by atoms with E-state index >= 15 is 0 Å². The fourth-order valence-electron chi connectivity index (χ4n) is 1.78. The average Bonchev–Trinajstić information content (AvgIpc) is 2.16. The van der Waals surface area contributed by atoms with E-state index in [0.717, 1.165) is 6.42 Å². The summed E-state index contributed by atoms with van der Waals surface area (Å²) in [5.41, 5.74) is 2.60. The number of likely N-dealkylation sites (N-methyl/N-ethyl adjacent to an activating group) is 1. The Balaban J connectivity index is 4.71. The molecule has 0 aromatic heterocycles. The first-order valence-corrected chi connectivity index (χ1v) is 7.54. The largest absolute Gasteiger partial charge is 0.302 e. The normalized spacial score (nSPS) is 18.4. The van der Waals surface area contributed by atoms with Gasteiger partial charge in [0.05, 0.1) is 5.75 Å². The van der Waals surface area contributed by atoms with Gasteiger partial charge in [-0.2, -0.15) is 0 Å². The molecule has 0 aliphatic rings. The van der Waals surface area contributed by atoms with Crippen LogP contribution in [0, 0.1) is 0 Å². The molecule has 0 rings (SSSR count).